The number of rotatable bonds is 6. The minimum absolute atomic E-state index is 0.00136. The number of hydrogen-bond donors (Lipinski definition) is 0. The molecule has 2 fully saturated rings. The largest absolute Gasteiger partial charge is 0.375 e. The minimum atomic E-state index is -0.00136. The topological polar surface area (TPSA) is 47.5 Å². The summed E-state index contributed by atoms with van der Waals surface area (Å²) >= 11 is 1.75. The zero-order valence-electron chi connectivity index (χ0n) is 14.9. The van der Waals surface area contributed by atoms with E-state index in [-0.39, 0.29) is 5.60 Å². The van der Waals surface area contributed by atoms with Gasteiger partial charge in [-0.25, -0.2) is 4.98 Å². The highest BCUT2D eigenvalue weighted by Crippen LogP contribution is 2.41. The van der Waals surface area contributed by atoms with E-state index in [4.69, 9.17) is 9.47 Å². The summed E-state index contributed by atoms with van der Waals surface area (Å²) in [5, 5.41) is 0. The van der Waals surface area contributed by atoms with Gasteiger partial charge in [-0.2, -0.15) is 0 Å². The third kappa shape index (κ3) is 3.62. The number of likely N-dealkylation sites (tertiary alicyclic amines) is 1. The Hall–Kier alpha value is -1.34. The third-order valence-corrected chi connectivity index (χ3v) is 6.23. The molecule has 6 heteroatoms. The molecular formula is C19H25N3O2S. The molecule has 0 saturated carbocycles. The highest BCUT2D eigenvalue weighted by Gasteiger charge is 2.52. The summed E-state index contributed by atoms with van der Waals surface area (Å²) in [6.45, 7) is 9.27. The molecule has 1 spiro atoms. The van der Waals surface area contributed by atoms with E-state index in [0.29, 0.717) is 12.5 Å². The van der Waals surface area contributed by atoms with Crippen molar-refractivity contribution in [1.29, 1.82) is 0 Å². The monoisotopic (exact) mass is 359 g/mol. The van der Waals surface area contributed by atoms with Crippen molar-refractivity contribution in [2.45, 2.75) is 39.0 Å². The molecule has 1 unspecified atom stereocenters. The van der Waals surface area contributed by atoms with Crippen molar-refractivity contribution in [1.82, 2.24) is 14.9 Å². The molecule has 0 bridgehead atoms. The second-order valence-corrected chi connectivity index (χ2v) is 8.13. The lowest BCUT2D eigenvalue weighted by molar-refractivity contribution is -0.146. The summed E-state index contributed by atoms with van der Waals surface area (Å²) in [7, 11) is 0. The number of aromatic nitrogens is 2. The van der Waals surface area contributed by atoms with Crippen LogP contribution < -0.4 is 0 Å². The summed E-state index contributed by atoms with van der Waals surface area (Å²) in [5.74, 6) is 0.483. The number of thiazole rings is 1. The lowest BCUT2D eigenvalue weighted by atomic mass is 9.81. The molecule has 134 valence electrons. The smallest absolute Gasteiger partial charge is 0.0985 e. The van der Waals surface area contributed by atoms with Gasteiger partial charge in [0, 0.05) is 42.7 Å². The summed E-state index contributed by atoms with van der Waals surface area (Å²) in [6.07, 6.45) is 1.09. The van der Waals surface area contributed by atoms with Crippen molar-refractivity contribution in [2.75, 3.05) is 26.3 Å². The molecule has 4 rings (SSSR count). The van der Waals surface area contributed by atoms with Crippen molar-refractivity contribution in [3.05, 3.63) is 45.7 Å². The van der Waals surface area contributed by atoms with Gasteiger partial charge in [0.15, 0.2) is 0 Å². The molecule has 2 aliphatic rings. The molecule has 2 aromatic heterocycles. The van der Waals surface area contributed by atoms with Crippen molar-refractivity contribution in [3.8, 4) is 0 Å². The van der Waals surface area contributed by atoms with Crippen LogP contribution in [0.25, 0.3) is 0 Å². The Morgan fingerprint density at radius 2 is 2.24 bits per heavy atom. The number of hydrogen-bond acceptors (Lipinski definition) is 6. The maximum atomic E-state index is 6.14. The van der Waals surface area contributed by atoms with E-state index in [1.54, 1.807) is 11.3 Å². The van der Waals surface area contributed by atoms with Crippen molar-refractivity contribution < 1.29 is 9.47 Å². The second-order valence-electron chi connectivity index (χ2n) is 7.19. The fourth-order valence-electron chi connectivity index (χ4n) is 3.86. The molecule has 2 saturated heterocycles. The molecule has 25 heavy (non-hydrogen) atoms. The summed E-state index contributed by atoms with van der Waals surface area (Å²) < 4.78 is 12.1. The van der Waals surface area contributed by atoms with Crippen LogP contribution in [0.5, 0.6) is 0 Å². The Morgan fingerprint density at radius 1 is 1.36 bits per heavy atom. The van der Waals surface area contributed by atoms with E-state index in [1.165, 1.54) is 4.88 Å². The van der Waals surface area contributed by atoms with Crippen LogP contribution in [0.2, 0.25) is 0 Å². The Kier molecular flexibility index (Phi) is 4.86. The Bertz CT molecular complexity index is 727. The quantitative estimate of drug-likeness (QED) is 0.794. The van der Waals surface area contributed by atoms with Gasteiger partial charge in [-0.1, -0.05) is 6.07 Å². The van der Waals surface area contributed by atoms with Crippen LogP contribution in [-0.2, 0) is 22.6 Å². The van der Waals surface area contributed by atoms with E-state index in [1.807, 2.05) is 30.6 Å². The van der Waals surface area contributed by atoms with Gasteiger partial charge in [0.1, 0.15) is 0 Å². The van der Waals surface area contributed by atoms with Crippen LogP contribution in [0.15, 0.2) is 23.7 Å². The van der Waals surface area contributed by atoms with Gasteiger partial charge >= 0.3 is 0 Å². The number of pyridine rings is 1. The zero-order chi connectivity index (χ0) is 17.3. The molecule has 0 aromatic carbocycles. The predicted octanol–water partition coefficient (Wildman–Crippen LogP) is 2.96. The number of nitrogens with zero attached hydrogens (tertiary/aromatic N) is 3. The SMILES string of the molecule is Cc1cccc(COCC2CCOC23CN(Cc2scnc2C)C3)n1. The van der Waals surface area contributed by atoms with Gasteiger partial charge in [-0.15, -0.1) is 11.3 Å². The standard InChI is InChI=1S/C19H25N3O2S/c1-14-4-3-5-17(21-14)10-23-9-16-6-7-24-19(16)11-22(12-19)8-18-15(2)20-13-25-18/h3-5,13,16H,6-12H2,1-2H3. The average Bonchev–Trinajstić information content (AvgIpc) is 3.15. The molecule has 1 atom stereocenters. The first kappa shape index (κ1) is 17.1. The molecule has 2 aliphatic heterocycles. The summed E-state index contributed by atoms with van der Waals surface area (Å²) in [5.41, 5.74) is 5.13. The van der Waals surface area contributed by atoms with Gasteiger partial charge in [0.2, 0.25) is 0 Å². The summed E-state index contributed by atoms with van der Waals surface area (Å²) in [4.78, 5) is 12.7. The molecule has 0 N–H and O–H groups in total. The maximum Gasteiger partial charge on any atom is 0.0985 e. The lowest BCUT2D eigenvalue weighted by Crippen LogP contribution is -2.64. The van der Waals surface area contributed by atoms with Crippen LogP contribution in [-0.4, -0.2) is 46.8 Å². The maximum absolute atomic E-state index is 6.14. The molecule has 0 radical (unpaired) electrons. The predicted molar refractivity (Wildman–Crippen MR) is 97.5 cm³/mol. The molecule has 2 aromatic rings. The first-order chi connectivity index (χ1) is 12.1. The van der Waals surface area contributed by atoms with Crippen molar-refractivity contribution in [3.63, 3.8) is 0 Å². The second kappa shape index (κ2) is 7.11. The van der Waals surface area contributed by atoms with E-state index in [2.05, 4.69) is 21.8 Å². The minimum Gasteiger partial charge on any atom is -0.375 e. The van der Waals surface area contributed by atoms with Crippen molar-refractivity contribution >= 4 is 11.3 Å². The Morgan fingerprint density at radius 3 is 3.00 bits per heavy atom. The molecular weight excluding hydrogens is 334 g/mol. The van der Waals surface area contributed by atoms with Crippen molar-refractivity contribution in [2.24, 2.45) is 5.92 Å². The summed E-state index contributed by atoms with van der Waals surface area (Å²) in [6, 6.07) is 6.07. The third-order valence-electron chi connectivity index (χ3n) is 5.31. The van der Waals surface area contributed by atoms with E-state index in [0.717, 1.165) is 56.4 Å². The fraction of sp³-hybridized carbons (Fsp3) is 0.579. The van der Waals surface area contributed by atoms with Crippen LogP contribution in [0.4, 0.5) is 0 Å². The zero-order valence-corrected chi connectivity index (χ0v) is 15.7. The first-order valence-electron chi connectivity index (χ1n) is 8.90. The van der Waals surface area contributed by atoms with E-state index < -0.39 is 0 Å². The van der Waals surface area contributed by atoms with Gasteiger partial charge < -0.3 is 9.47 Å². The Balaban J connectivity index is 1.27. The molecule has 4 heterocycles. The van der Waals surface area contributed by atoms with Gasteiger partial charge in [-0.05, 0) is 32.4 Å². The van der Waals surface area contributed by atoms with Crippen LogP contribution in [0.1, 0.15) is 28.4 Å². The highest BCUT2D eigenvalue weighted by atomic mass is 32.1. The van der Waals surface area contributed by atoms with Crippen LogP contribution in [0, 0.1) is 19.8 Å². The number of aryl methyl sites for hydroxylation is 2. The van der Waals surface area contributed by atoms with Crippen LogP contribution >= 0.6 is 11.3 Å². The lowest BCUT2D eigenvalue weighted by Gasteiger charge is -2.50. The number of ether oxygens (including phenoxy) is 2. The average molecular weight is 359 g/mol. The molecule has 5 nitrogen and oxygen atoms in total. The Labute approximate surface area is 153 Å². The van der Waals surface area contributed by atoms with Crippen LogP contribution in [0.3, 0.4) is 0 Å². The van der Waals surface area contributed by atoms with Gasteiger partial charge in [-0.3, -0.25) is 9.88 Å². The first-order valence-corrected chi connectivity index (χ1v) is 9.78. The fourth-order valence-corrected chi connectivity index (χ4v) is 4.68. The molecule has 0 aliphatic carbocycles. The molecule has 0 amide bonds. The normalized spacial score (nSPS) is 22.4. The van der Waals surface area contributed by atoms with E-state index >= 15 is 0 Å². The van der Waals surface area contributed by atoms with Gasteiger partial charge in [0.25, 0.3) is 0 Å². The van der Waals surface area contributed by atoms with E-state index in [9.17, 15) is 0 Å². The van der Waals surface area contributed by atoms with Gasteiger partial charge in [0.05, 0.1) is 35.7 Å². The highest BCUT2D eigenvalue weighted by molar-refractivity contribution is 7.09.